The van der Waals surface area contributed by atoms with Crippen LogP contribution in [0.2, 0.25) is 0 Å². The average Bonchev–Trinajstić information content (AvgIpc) is 1.63. The van der Waals surface area contributed by atoms with Gasteiger partial charge in [0.1, 0.15) is 121 Å². The molecular formula is C60H70F3N29O33P6S4. The van der Waals surface area contributed by atoms with Gasteiger partial charge in [-0.2, -0.15) is 15.0 Å². The number of hydrogen-bond acceptors (Lipinski definition) is 50. The second-order valence-electron chi connectivity index (χ2n) is 30.4. The maximum Gasteiger partial charge on any atom is 0.472 e. The van der Waals surface area contributed by atoms with Crippen molar-refractivity contribution in [1.29, 1.82) is 0 Å². The minimum Gasteiger partial charge on any atom is -0.387 e. The third-order valence-electron chi connectivity index (χ3n) is 22.0. The van der Waals surface area contributed by atoms with Gasteiger partial charge in [-0.05, 0) is 35.4 Å². The van der Waals surface area contributed by atoms with Crippen molar-refractivity contribution in [3.05, 3.63) is 97.7 Å². The molecule has 728 valence electrons. The zero-order valence-corrected chi connectivity index (χ0v) is 75.7. The van der Waals surface area contributed by atoms with Crippen molar-refractivity contribution >= 4 is 182 Å². The molecule has 31 atom stereocenters. The molecule has 135 heavy (non-hydrogen) atoms. The fourth-order valence-electron chi connectivity index (χ4n) is 15.9. The number of imidazole rings is 6. The number of aromatic amines is 4. The highest BCUT2D eigenvalue weighted by atomic mass is 32.7. The number of anilines is 5. The number of nitrogens with one attached hydrogen (secondary N) is 5. The van der Waals surface area contributed by atoms with E-state index in [0.29, 0.717) is 11.5 Å². The monoisotopic (exact) mass is 2100 g/mol. The first-order valence-electron chi connectivity index (χ1n) is 38.9. The van der Waals surface area contributed by atoms with E-state index in [1.807, 2.05) is 0 Å². The molecule has 0 radical (unpaired) electrons. The number of halogens is 3. The highest BCUT2D eigenvalue weighted by Crippen LogP contribution is 2.61. The number of nitrogens with zero attached hydrogens (tertiary/aromatic N) is 19. The molecule has 0 aromatic carbocycles. The van der Waals surface area contributed by atoms with Crippen LogP contribution in [0.15, 0.2) is 74.8 Å². The quantitative estimate of drug-likeness (QED) is 0.0575. The molecule has 0 spiro atoms. The maximum absolute atomic E-state index is 16.0. The van der Waals surface area contributed by atoms with Crippen LogP contribution in [0.1, 0.15) is 49.2 Å². The SMILES string of the molecule is Nc1nc2c(ncn2[C@@H]2O[C@@H]3COP(=O)(O)O[C@H]4[C@H](F)[C@H](n5cnc6c(N)ncnc65)O[C@@H]4COP(=O)(O)O[C@@H]2[C@@H]3O)c(=O)[nH]1.Nc1nc2c(ncn2[C@@H]2O[C@@H]3COP(O)(=S)O[C@H]4[C@H](F)[C@H](n5cnc6c(=O)[nH]cnc65)O[C@@H]4COP(=O)(S)O[C@@H]2[C@@H]3O)c(=O)[nH]1.Nc1nc2c(ncn2[C@@H]2O[C@@H]3COP(O)(=S)O[C@H]4[C@H](F)[C@H](n5cnc6c5NC=NC6N)O[C@@H]4COP(O)(=S)O[C@@H]2[C@@H]3O)c(=O)[nH]1. The van der Waals surface area contributed by atoms with Crippen LogP contribution >= 0.6 is 54.8 Å². The molecule has 0 amide bonds. The molecule has 10 aliphatic heterocycles. The number of nitrogens with two attached hydrogens (primary N) is 5. The number of ether oxygens (including phenoxy) is 6. The largest absolute Gasteiger partial charge is 0.472 e. The van der Waals surface area contributed by atoms with E-state index < -0.39 is 258 Å². The lowest BCUT2D eigenvalue weighted by Gasteiger charge is -2.27. The van der Waals surface area contributed by atoms with Crippen LogP contribution in [0.3, 0.4) is 0 Å². The van der Waals surface area contributed by atoms with Gasteiger partial charge in [0.25, 0.3) is 22.2 Å². The molecule has 21 heterocycles. The normalized spacial score (nSPS) is 38.5. The summed E-state index contributed by atoms with van der Waals surface area (Å²) in [6.07, 6.45) is -28.3. The van der Waals surface area contributed by atoms with Crippen LogP contribution in [0.25, 0.3) is 55.8 Å². The van der Waals surface area contributed by atoms with Gasteiger partial charge in [0.15, 0.2) is 112 Å². The van der Waals surface area contributed by atoms with Crippen LogP contribution in [-0.4, -0.2) is 303 Å². The Bertz CT molecular complexity index is 7070. The Kier molecular flexibility index (Phi) is 25.7. The molecule has 9 fully saturated rings. The van der Waals surface area contributed by atoms with E-state index in [0.717, 1.165) is 51.7 Å². The molecule has 0 aliphatic carbocycles. The molecule has 7 unspecified atom stereocenters. The first-order chi connectivity index (χ1) is 63.9. The van der Waals surface area contributed by atoms with Crippen molar-refractivity contribution in [3.63, 3.8) is 0 Å². The number of alkyl halides is 3. The molecule has 10 aliphatic rings. The number of aliphatic hydroxyl groups excluding tert-OH is 3. The summed E-state index contributed by atoms with van der Waals surface area (Å²) < 4.78 is 195. The number of phosphoric ester groups is 2. The topological polar surface area (TPSA) is 849 Å². The summed E-state index contributed by atoms with van der Waals surface area (Å²) in [4.78, 5) is 165. The lowest BCUT2D eigenvalue weighted by molar-refractivity contribution is -0.0671. The van der Waals surface area contributed by atoms with E-state index in [1.165, 1.54) is 32.7 Å². The number of nitrogen functional groups attached to an aromatic ring is 4. The Hall–Kier alpha value is -8.47. The van der Waals surface area contributed by atoms with Crippen molar-refractivity contribution < 1.29 is 149 Å². The van der Waals surface area contributed by atoms with Gasteiger partial charge in [0.05, 0.1) is 90.3 Å². The van der Waals surface area contributed by atoms with E-state index in [1.54, 1.807) is 0 Å². The van der Waals surface area contributed by atoms with Crippen LogP contribution in [0, 0.1) is 0 Å². The summed E-state index contributed by atoms with van der Waals surface area (Å²) >= 11 is 19.6. The number of fused-ring (bicyclic) bond motifs is 15. The zero-order chi connectivity index (χ0) is 95.5. The van der Waals surface area contributed by atoms with E-state index in [4.69, 9.17) is 147 Å². The summed E-state index contributed by atoms with van der Waals surface area (Å²) in [5.41, 5.74) is 26.0. The lowest BCUT2D eigenvalue weighted by atomic mass is 10.1. The number of aromatic nitrogens is 22. The van der Waals surface area contributed by atoms with E-state index in [-0.39, 0.29) is 79.5 Å². The number of aliphatic imine (C=N–C) groups is 1. The molecule has 6 bridgehead atoms. The molecule has 0 saturated carbocycles. The highest BCUT2D eigenvalue weighted by Gasteiger charge is 2.59. The number of rotatable bonds is 6. The number of thiol groups is 1. The van der Waals surface area contributed by atoms with Crippen molar-refractivity contribution in [2.24, 2.45) is 10.7 Å². The maximum atomic E-state index is 16.0. The van der Waals surface area contributed by atoms with Gasteiger partial charge >= 0.3 is 42.6 Å². The van der Waals surface area contributed by atoms with Gasteiger partial charge in [-0.25, -0.2) is 71.7 Å². The minimum atomic E-state index is -5.15. The van der Waals surface area contributed by atoms with E-state index in [9.17, 15) is 72.7 Å². The molecular weight excluding hydrogens is 2030 g/mol. The second kappa shape index (κ2) is 36.3. The van der Waals surface area contributed by atoms with Crippen molar-refractivity contribution in [1.82, 2.24) is 107 Å². The first-order valence-corrected chi connectivity index (χ1v) is 52.4. The zero-order valence-electron chi connectivity index (χ0n) is 67.0. The average molecular weight is 2100 g/mol. The first kappa shape index (κ1) is 95.4. The van der Waals surface area contributed by atoms with Gasteiger partial charge in [-0.3, -0.25) is 107 Å². The highest BCUT2D eigenvalue weighted by molar-refractivity contribution is 8.44. The molecule has 11 aromatic heterocycles. The third kappa shape index (κ3) is 18.5. The number of hydrogen-bond donors (Lipinski definition) is 19. The van der Waals surface area contributed by atoms with Gasteiger partial charge in [0.2, 0.25) is 17.8 Å². The molecule has 62 nitrogen and oxygen atoms in total. The Labute approximate surface area is 764 Å². The Morgan fingerprint density at radius 2 is 0.748 bits per heavy atom. The Morgan fingerprint density at radius 3 is 1.21 bits per heavy atom. The smallest absolute Gasteiger partial charge is 0.387 e. The Morgan fingerprint density at radius 1 is 0.407 bits per heavy atom. The fourth-order valence-corrected chi connectivity index (χ4v) is 23.5. The number of aliphatic hydroxyl groups is 3. The van der Waals surface area contributed by atoms with Crippen LogP contribution < -0.4 is 56.2 Å². The van der Waals surface area contributed by atoms with Crippen molar-refractivity contribution in [3.8, 4) is 0 Å². The minimum absolute atomic E-state index is 0.00648. The molecule has 75 heteroatoms. The van der Waals surface area contributed by atoms with Crippen LogP contribution in [0.4, 0.5) is 42.7 Å². The number of phosphoric acid groups is 2. The lowest BCUT2D eigenvalue weighted by Crippen LogP contribution is -2.35. The molecule has 9 saturated heterocycles. The van der Waals surface area contributed by atoms with E-state index in [2.05, 4.69) is 102 Å². The van der Waals surface area contributed by atoms with Gasteiger partial charge in [-0.1, -0.05) is 12.2 Å². The second-order valence-corrected chi connectivity index (χ2v) is 44.5. The van der Waals surface area contributed by atoms with Gasteiger partial charge < -0.3 is 121 Å². The fraction of sp³-hybridized carbons (Fsp3) is 0.517. The van der Waals surface area contributed by atoms with E-state index >= 15 is 13.2 Å². The standard InChI is InChI=1S/C20H23FN10O12P2.C20H25FN10O10P2S2.C20H22FN9O11P2S2/c21-8-12-7(41-18(8)30-4-26-9-14(22)24-3-25-15(9)30)2-39-45(36,37)43-13-11(32)6(1-38-44(34,35)42-12)40-19(13)31-5-27-10-16(31)28-20(23)29-17(10)33;21-8-12-7(39-18(8)30-4-26-9-14(22)24-3-25-15(9)30)2-37-43(35,45)41-13-11(32)6(1-36-42(34,44)40-12)38-19(13)31-5-27-10-16(31)28-20(23)29-17(10)33;21-8-12-7(39-18(8)29-4-25-9-14(29)23-3-24-16(9)32)2-37-43(35,45)41-13-11(31)6(1-36-42(34,44)40-12)38-19(13)30-5-26-10-15(30)27-20(22)28-17(10)33/h3-8,11-13,18-19,32H,1-2H2,(H,34,35)(H,36,37)(H2,22,24,25)(H3,23,28,29,33);3-8,11-14,18-19,32H,1-2,22H2,(H,24,25)(H,34,44)(H,35,45)(H3,23,28,29,33);3-8,11-13,18-19,31H,1-2H2,(H,34,44)(H,35,45)(H,23,24,32)(H3,22,27,28,33)/t6-,7-,8+,11-,12-,13-,18-,19-;6-,7-,8+,11-,12-,13-,14?,18-,19-,42?,43?;6-,7-,8+,11-,12-,13-,18-,19-,42?,43?/m111/s1. The van der Waals surface area contributed by atoms with Gasteiger partial charge in [-0.15, -0.1) is 0 Å². The predicted molar refractivity (Wildman–Crippen MR) is 454 cm³/mol. The summed E-state index contributed by atoms with van der Waals surface area (Å²) in [6, 6.07) is 0. The molecule has 11 aromatic rings. The third-order valence-corrected chi connectivity index (χ3v) is 30.2. The van der Waals surface area contributed by atoms with Crippen LogP contribution in [0.5, 0.6) is 0 Å². The summed E-state index contributed by atoms with van der Waals surface area (Å²) in [7, 11) is -10.3. The summed E-state index contributed by atoms with van der Waals surface area (Å²) in [6.45, 7) is -21.5. The number of H-pyrrole nitrogens is 4. The molecule has 21 rings (SSSR count). The molecule has 23 N–H and O–H groups in total. The Balaban J connectivity index is 0.000000130. The van der Waals surface area contributed by atoms with Crippen molar-refractivity contribution in [2.75, 3.05) is 67.9 Å². The summed E-state index contributed by atoms with van der Waals surface area (Å²) in [5.74, 6) is -0.450. The van der Waals surface area contributed by atoms with Crippen molar-refractivity contribution in [2.45, 2.75) is 154 Å². The predicted octanol–water partition coefficient (Wildman–Crippen LogP) is -3.21. The van der Waals surface area contributed by atoms with Crippen LogP contribution in [-0.2, 0) is 132 Å². The summed E-state index contributed by atoms with van der Waals surface area (Å²) in [5, 5.41) is 36.1. The van der Waals surface area contributed by atoms with Gasteiger partial charge in [0, 0.05) is 0 Å².